The van der Waals surface area contributed by atoms with E-state index < -0.39 is 12.0 Å². The van der Waals surface area contributed by atoms with E-state index in [0.29, 0.717) is 31.4 Å². The summed E-state index contributed by atoms with van der Waals surface area (Å²) >= 11 is 0. The molecule has 1 rings (SSSR count). The molecule has 0 heterocycles. The lowest BCUT2D eigenvalue weighted by atomic mass is 10.1. The van der Waals surface area contributed by atoms with Gasteiger partial charge in [0.25, 0.3) is 0 Å². The molecule has 5 heteroatoms. The number of carboxylic acid groups (broad SMARTS) is 1. The maximum absolute atomic E-state index is 11.0. The van der Waals surface area contributed by atoms with Gasteiger partial charge >= 0.3 is 5.97 Å². The van der Waals surface area contributed by atoms with Crippen molar-refractivity contribution in [3.8, 4) is 5.75 Å². The van der Waals surface area contributed by atoms with E-state index in [1.54, 1.807) is 30.4 Å². The number of rotatable bonds is 9. The number of hydrogen-bond donors (Lipinski definition) is 3. The molecule has 0 radical (unpaired) electrons. The lowest BCUT2D eigenvalue weighted by molar-refractivity contribution is -0.138. The lowest BCUT2D eigenvalue weighted by Crippen LogP contribution is -2.19. The van der Waals surface area contributed by atoms with Crippen molar-refractivity contribution in [2.24, 2.45) is 10.7 Å². The van der Waals surface area contributed by atoms with Crippen molar-refractivity contribution >= 4 is 18.3 Å². The Morgan fingerprint density at radius 3 is 2.67 bits per heavy atom. The van der Waals surface area contributed by atoms with Crippen molar-refractivity contribution in [1.29, 1.82) is 0 Å². The van der Waals surface area contributed by atoms with Crippen LogP contribution < -0.4 is 5.73 Å². The van der Waals surface area contributed by atoms with Crippen LogP contribution in [0.3, 0.4) is 0 Å². The molecule has 0 saturated heterocycles. The average Bonchev–Trinajstić information content (AvgIpc) is 2.57. The Labute approximate surface area is 144 Å². The lowest BCUT2D eigenvalue weighted by Gasteiger charge is -2.05. The van der Waals surface area contributed by atoms with Crippen molar-refractivity contribution in [1.82, 2.24) is 0 Å². The second kappa shape index (κ2) is 13.1. The Kier molecular flexibility index (Phi) is 11.8. The average molecular weight is 332 g/mol. The monoisotopic (exact) mass is 332 g/mol. The predicted octanol–water partition coefficient (Wildman–Crippen LogP) is 3.42. The molecule has 1 atom stereocenters. The molecule has 0 saturated carbocycles. The molecule has 132 valence electrons. The Bertz CT molecular complexity index is 566. The minimum atomic E-state index is -0.963. The van der Waals surface area contributed by atoms with E-state index in [2.05, 4.69) is 11.6 Å². The molecule has 0 spiro atoms. The van der Waals surface area contributed by atoms with Crippen LogP contribution in [0.15, 0.2) is 41.9 Å². The van der Waals surface area contributed by atoms with Crippen molar-refractivity contribution in [3.63, 3.8) is 0 Å². The van der Waals surface area contributed by atoms with E-state index in [9.17, 15) is 9.90 Å². The number of nitrogens with zero attached hydrogens (tertiary/aromatic N) is 1. The molecule has 5 nitrogen and oxygen atoms in total. The van der Waals surface area contributed by atoms with Gasteiger partial charge in [-0.25, -0.2) is 4.79 Å². The maximum atomic E-state index is 11.0. The minimum absolute atomic E-state index is 0.168. The smallest absolute Gasteiger partial charge is 0.328 e. The highest BCUT2D eigenvalue weighted by Crippen LogP contribution is 2.20. The van der Waals surface area contributed by atoms with Gasteiger partial charge in [-0.15, -0.1) is 6.58 Å². The number of carbonyl (C=O) groups is 1. The maximum Gasteiger partial charge on any atom is 0.328 e. The Morgan fingerprint density at radius 1 is 1.42 bits per heavy atom. The van der Waals surface area contributed by atoms with Gasteiger partial charge in [-0.2, -0.15) is 0 Å². The van der Waals surface area contributed by atoms with Gasteiger partial charge in [0.05, 0.1) is 0 Å². The van der Waals surface area contributed by atoms with E-state index in [1.165, 1.54) is 6.21 Å². The minimum Gasteiger partial charge on any atom is -0.507 e. The molecule has 4 N–H and O–H groups in total. The molecule has 1 aromatic carbocycles. The second-order valence-electron chi connectivity index (χ2n) is 4.83. The van der Waals surface area contributed by atoms with E-state index in [0.717, 1.165) is 5.56 Å². The third-order valence-corrected chi connectivity index (χ3v) is 3.07. The fraction of sp³-hybridized carbons (Fsp3) is 0.368. The Balaban J connectivity index is 0.00000254. The van der Waals surface area contributed by atoms with Gasteiger partial charge in [0.2, 0.25) is 0 Å². The van der Waals surface area contributed by atoms with Crippen LogP contribution >= 0.6 is 0 Å². The highest BCUT2D eigenvalue weighted by molar-refractivity contribution is 5.82. The number of aliphatic carboxylic acids is 1. The summed E-state index contributed by atoms with van der Waals surface area (Å²) in [5.41, 5.74) is 6.99. The topological polar surface area (TPSA) is 95.9 Å². The molecule has 0 aliphatic rings. The van der Waals surface area contributed by atoms with Gasteiger partial charge in [0, 0.05) is 11.8 Å². The summed E-state index contributed by atoms with van der Waals surface area (Å²) in [4.78, 5) is 15.0. The zero-order chi connectivity index (χ0) is 18.4. The van der Waals surface area contributed by atoms with E-state index in [4.69, 9.17) is 10.8 Å². The number of phenols is 1. The zero-order valence-corrected chi connectivity index (χ0v) is 14.5. The summed E-state index contributed by atoms with van der Waals surface area (Å²) < 4.78 is 0. The number of allylic oxidation sites excluding steroid dienone is 2. The summed E-state index contributed by atoms with van der Waals surface area (Å²) in [6, 6.07) is 4.60. The quantitative estimate of drug-likeness (QED) is 0.477. The molecule has 1 unspecified atom stereocenters. The molecule has 0 fully saturated rings. The van der Waals surface area contributed by atoms with E-state index >= 15 is 0 Å². The third kappa shape index (κ3) is 8.29. The summed E-state index contributed by atoms with van der Waals surface area (Å²) in [5.74, 6) is -0.795. The number of carboxylic acids is 1. The number of hydrogen-bond acceptors (Lipinski definition) is 4. The number of phenolic OH excluding ortho intramolecular Hbond substituents is 1. The second-order valence-corrected chi connectivity index (χ2v) is 4.83. The summed E-state index contributed by atoms with van der Waals surface area (Å²) in [7, 11) is 0. The largest absolute Gasteiger partial charge is 0.507 e. The summed E-state index contributed by atoms with van der Waals surface area (Å²) in [6.45, 7) is 8.10. The standard InChI is InChI=1S/C17H22N2O3.C2H6/c1-2-5-13-8-9-14(16(20)12-13)6-4-11-19-15(17(21)22)7-3-10-18;1-2/h2,4,6,8-9,11-12,15,20H,1,3,5,7,10,18H2,(H,21,22);1-2H3/b6-4+,19-11?;. The fourth-order valence-corrected chi connectivity index (χ4v) is 1.90. The number of aromatic hydroxyl groups is 1. The molecule has 0 amide bonds. The van der Waals surface area contributed by atoms with Crippen LogP contribution in [0.1, 0.15) is 37.8 Å². The normalized spacial score (nSPS) is 12.0. The molecule has 0 aliphatic carbocycles. The van der Waals surface area contributed by atoms with Crippen LogP contribution in [0.5, 0.6) is 5.75 Å². The van der Waals surface area contributed by atoms with Gasteiger partial charge in [-0.1, -0.05) is 32.1 Å². The summed E-state index contributed by atoms with van der Waals surface area (Å²) in [6.07, 6.45) is 8.22. The first kappa shape index (κ1) is 21.6. The van der Waals surface area contributed by atoms with Crippen molar-refractivity contribution in [2.75, 3.05) is 6.54 Å². The molecule has 0 bridgehead atoms. The zero-order valence-electron chi connectivity index (χ0n) is 14.5. The molecule has 0 aromatic heterocycles. The molecule has 24 heavy (non-hydrogen) atoms. The van der Waals surface area contributed by atoms with E-state index in [1.807, 2.05) is 19.9 Å². The van der Waals surface area contributed by atoms with Gasteiger partial charge in [-0.05, 0) is 49.6 Å². The number of aliphatic imine (C=N–C) groups is 1. The van der Waals surface area contributed by atoms with Gasteiger partial charge in [-0.3, -0.25) is 4.99 Å². The predicted molar refractivity (Wildman–Crippen MR) is 101 cm³/mol. The van der Waals surface area contributed by atoms with Crippen LogP contribution in [0, 0.1) is 0 Å². The fourth-order valence-electron chi connectivity index (χ4n) is 1.90. The molecular weight excluding hydrogens is 304 g/mol. The Morgan fingerprint density at radius 2 is 2.12 bits per heavy atom. The van der Waals surface area contributed by atoms with Crippen LogP contribution in [0.2, 0.25) is 0 Å². The van der Waals surface area contributed by atoms with E-state index in [-0.39, 0.29) is 5.75 Å². The van der Waals surface area contributed by atoms with Gasteiger partial charge in [0.15, 0.2) is 0 Å². The number of nitrogens with two attached hydrogens (primary N) is 1. The number of benzene rings is 1. The highest BCUT2D eigenvalue weighted by atomic mass is 16.4. The van der Waals surface area contributed by atoms with Crippen LogP contribution in [-0.4, -0.2) is 35.0 Å². The van der Waals surface area contributed by atoms with Crippen LogP contribution in [-0.2, 0) is 11.2 Å². The molecular formula is C19H28N2O3. The van der Waals surface area contributed by atoms with Crippen molar-refractivity contribution in [2.45, 2.75) is 39.2 Å². The van der Waals surface area contributed by atoms with Gasteiger partial charge < -0.3 is 15.9 Å². The van der Waals surface area contributed by atoms with Gasteiger partial charge in [0.1, 0.15) is 11.8 Å². The third-order valence-electron chi connectivity index (χ3n) is 3.07. The first-order valence-electron chi connectivity index (χ1n) is 8.14. The van der Waals surface area contributed by atoms with Crippen molar-refractivity contribution < 1.29 is 15.0 Å². The van der Waals surface area contributed by atoms with Crippen molar-refractivity contribution in [3.05, 3.63) is 48.1 Å². The van der Waals surface area contributed by atoms with Crippen LogP contribution in [0.4, 0.5) is 0 Å². The first-order valence-corrected chi connectivity index (χ1v) is 8.14. The summed E-state index contributed by atoms with van der Waals surface area (Å²) in [5, 5.41) is 18.9. The Hall–Kier alpha value is -2.40. The first-order chi connectivity index (χ1) is 11.6. The molecule has 0 aliphatic heterocycles. The highest BCUT2D eigenvalue weighted by Gasteiger charge is 2.13. The molecule has 1 aromatic rings. The SMILES string of the molecule is C=CCc1ccc(/C=C/C=NC(CCCN)C(=O)O)c(O)c1.CC. The van der Waals surface area contributed by atoms with Crippen LogP contribution in [0.25, 0.3) is 6.08 Å².